The molecule has 0 aliphatic heterocycles. The van der Waals surface area contributed by atoms with Gasteiger partial charge in [-0.15, -0.1) is 0 Å². The third-order valence-electron chi connectivity index (χ3n) is 5.65. The predicted molar refractivity (Wildman–Crippen MR) is 83.5 cm³/mol. The van der Waals surface area contributed by atoms with Gasteiger partial charge in [-0.3, -0.25) is 11.3 Å². The number of hydrogen-bond donors (Lipinski definition) is 2. The minimum atomic E-state index is 0.365. The maximum absolute atomic E-state index is 5.80. The molecule has 1 aliphatic carbocycles. The molecule has 20 heavy (non-hydrogen) atoms. The van der Waals surface area contributed by atoms with E-state index in [-0.39, 0.29) is 0 Å². The number of hydrogen-bond acceptors (Lipinski definition) is 3. The molecule has 3 N–H and O–H groups in total. The SMILES string of the molecule is COc1ccc(CCC(NN)C2C(C)(C)C2(C)C)cc1. The van der Waals surface area contributed by atoms with Crippen molar-refractivity contribution in [2.75, 3.05) is 7.11 Å². The summed E-state index contributed by atoms with van der Waals surface area (Å²) in [5, 5.41) is 0. The van der Waals surface area contributed by atoms with E-state index in [9.17, 15) is 0 Å². The fourth-order valence-electron chi connectivity index (χ4n) is 3.71. The highest BCUT2D eigenvalue weighted by Gasteiger charge is 2.66. The Balaban J connectivity index is 1.95. The van der Waals surface area contributed by atoms with Crippen LogP contribution in [-0.4, -0.2) is 13.2 Å². The van der Waals surface area contributed by atoms with E-state index in [2.05, 4.69) is 45.3 Å². The van der Waals surface area contributed by atoms with Crippen molar-refractivity contribution in [2.24, 2.45) is 22.6 Å². The number of aryl methyl sites for hydroxylation is 1. The molecule has 1 saturated carbocycles. The van der Waals surface area contributed by atoms with Gasteiger partial charge in [0.2, 0.25) is 0 Å². The van der Waals surface area contributed by atoms with Crippen molar-refractivity contribution in [3.63, 3.8) is 0 Å². The lowest BCUT2D eigenvalue weighted by molar-refractivity contribution is 0.383. The molecule has 1 unspecified atom stereocenters. The van der Waals surface area contributed by atoms with Crippen LogP contribution in [0.15, 0.2) is 24.3 Å². The third-order valence-corrected chi connectivity index (χ3v) is 5.65. The topological polar surface area (TPSA) is 47.3 Å². The number of benzene rings is 1. The first-order valence-electron chi connectivity index (χ1n) is 7.43. The number of nitrogens with one attached hydrogen (secondary N) is 1. The minimum absolute atomic E-state index is 0.365. The zero-order valence-electron chi connectivity index (χ0n) is 13.4. The van der Waals surface area contributed by atoms with E-state index in [4.69, 9.17) is 10.6 Å². The van der Waals surface area contributed by atoms with Gasteiger partial charge >= 0.3 is 0 Å². The van der Waals surface area contributed by atoms with Gasteiger partial charge in [-0.1, -0.05) is 39.8 Å². The summed E-state index contributed by atoms with van der Waals surface area (Å²) in [6, 6.07) is 8.68. The number of rotatable bonds is 6. The van der Waals surface area contributed by atoms with Crippen LogP contribution in [0.1, 0.15) is 39.7 Å². The average Bonchev–Trinajstić information content (AvgIpc) is 2.83. The van der Waals surface area contributed by atoms with Crippen LogP contribution in [0.2, 0.25) is 0 Å². The fourth-order valence-corrected chi connectivity index (χ4v) is 3.71. The van der Waals surface area contributed by atoms with Crippen LogP contribution >= 0.6 is 0 Å². The van der Waals surface area contributed by atoms with Gasteiger partial charge in [-0.25, -0.2) is 0 Å². The molecule has 0 spiro atoms. The molecular weight excluding hydrogens is 248 g/mol. The zero-order valence-corrected chi connectivity index (χ0v) is 13.4. The van der Waals surface area contributed by atoms with Gasteiger partial charge in [0.15, 0.2) is 0 Å². The number of ether oxygens (including phenoxy) is 1. The van der Waals surface area contributed by atoms with Crippen molar-refractivity contribution >= 4 is 0 Å². The molecule has 1 aromatic carbocycles. The Morgan fingerprint density at radius 3 is 2.10 bits per heavy atom. The van der Waals surface area contributed by atoms with Gasteiger partial charge < -0.3 is 4.74 Å². The maximum Gasteiger partial charge on any atom is 0.118 e. The normalized spacial score (nSPS) is 21.5. The van der Waals surface area contributed by atoms with E-state index >= 15 is 0 Å². The molecule has 0 saturated heterocycles. The van der Waals surface area contributed by atoms with Crippen molar-refractivity contribution in [3.8, 4) is 5.75 Å². The Morgan fingerprint density at radius 2 is 1.70 bits per heavy atom. The lowest BCUT2D eigenvalue weighted by Gasteiger charge is -2.18. The quantitative estimate of drug-likeness (QED) is 0.620. The van der Waals surface area contributed by atoms with E-state index in [1.54, 1.807) is 7.11 Å². The van der Waals surface area contributed by atoms with Crippen LogP contribution in [0, 0.1) is 16.7 Å². The molecule has 3 heteroatoms. The van der Waals surface area contributed by atoms with Crippen LogP contribution in [0.25, 0.3) is 0 Å². The van der Waals surface area contributed by atoms with E-state index in [0.29, 0.717) is 22.8 Å². The molecule has 0 amide bonds. The first kappa shape index (κ1) is 15.3. The Hall–Kier alpha value is -1.06. The van der Waals surface area contributed by atoms with Crippen LogP contribution in [-0.2, 0) is 6.42 Å². The highest BCUT2D eigenvalue weighted by molar-refractivity contribution is 5.27. The molecule has 2 rings (SSSR count). The van der Waals surface area contributed by atoms with Gasteiger partial charge in [0.1, 0.15) is 5.75 Å². The average molecular weight is 276 g/mol. The molecule has 0 radical (unpaired) electrons. The zero-order chi connectivity index (χ0) is 15.0. The summed E-state index contributed by atoms with van der Waals surface area (Å²) < 4.78 is 5.19. The third kappa shape index (κ3) is 2.57. The van der Waals surface area contributed by atoms with Gasteiger partial charge in [-0.05, 0) is 47.3 Å². The van der Waals surface area contributed by atoms with E-state index in [1.165, 1.54) is 5.56 Å². The lowest BCUT2D eigenvalue weighted by Crippen LogP contribution is -2.39. The van der Waals surface area contributed by atoms with Crippen LogP contribution in [0.5, 0.6) is 5.75 Å². The minimum Gasteiger partial charge on any atom is -0.497 e. The predicted octanol–water partition coefficient (Wildman–Crippen LogP) is 3.14. The summed E-state index contributed by atoms with van der Waals surface area (Å²) in [7, 11) is 1.70. The van der Waals surface area contributed by atoms with Gasteiger partial charge in [0.25, 0.3) is 0 Å². The molecule has 1 fully saturated rings. The summed E-state index contributed by atoms with van der Waals surface area (Å²) in [5.74, 6) is 7.34. The molecule has 0 aromatic heterocycles. The molecular formula is C17H28N2O. The standard InChI is InChI=1S/C17H28N2O/c1-16(2)15(17(16,3)4)14(19-18)11-8-12-6-9-13(20-5)10-7-12/h6-7,9-10,14-15,19H,8,11,18H2,1-5H3. The second-order valence-corrected chi connectivity index (χ2v) is 7.08. The first-order valence-corrected chi connectivity index (χ1v) is 7.43. The van der Waals surface area contributed by atoms with E-state index < -0.39 is 0 Å². The van der Waals surface area contributed by atoms with E-state index in [1.807, 2.05) is 12.1 Å². The molecule has 112 valence electrons. The Kier molecular flexibility index (Phi) is 4.12. The molecule has 0 bridgehead atoms. The fraction of sp³-hybridized carbons (Fsp3) is 0.647. The van der Waals surface area contributed by atoms with Gasteiger partial charge in [0.05, 0.1) is 7.11 Å². The summed E-state index contributed by atoms with van der Waals surface area (Å²) in [6.07, 6.45) is 2.11. The molecule has 3 nitrogen and oxygen atoms in total. The molecule has 1 aromatic rings. The van der Waals surface area contributed by atoms with Crippen molar-refractivity contribution < 1.29 is 4.74 Å². The molecule has 1 atom stereocenters. The van der Waals surface area contributed by atoms with Crippen LogP contribution in [0.3, 0.4) is 0 Å². The van der Waals surface area contributed by atoms with Crippen molar-refractivity contribution in [2.45, 2.75) is 46.6 Å². The lowest BCUT2D eigenvalue weighted by atomic mass is 9.97. The molecule has 0 heterocycles. The maximum atomic E-state index is 5.80. The summed E-state index contributed by atoms with van der Waals surface area (Å²) in [5.41, 5.74) is 5.11. The highest BCUT2D eigenvalue weighted by Crippen LogP contribution is 2.69. The van der Waals surface area contributed by atoms with E-state index in [0.717, 1.165) is 18.6 Å². The summed E-state index contributed by atoms with van der Waals surface area (Å²) in [4.78, 5) is 0. The van der Waals surface area contributed by atoms with Crippen molar-refractivity contribution in [3.05, 3.63) is 29.8 Å². The summed E-state index contributed by atoms with van der Waals surface area (Å²) in [6.45, 7) is 9.37. The number of methoxy groups -OCH3 is 1. The van der Waals surface area contributed by atoms with Gasteiger partial charge in [-0.2, -0.15) is 0 Å². The van der Waals surface area contributed by atoms with Crippen LogP contribution < -0.4 is 16.0 Å². The molecule has 1 aliphatic rings. The Bertz CT molecular complexity index is 437. The summed E-state index contributed by atoms with van der Waals surface area (Å²) >= 11 is 0. The Labute approximate surface area is 122 Å². The smallest absolute Gasteiger partial charge is 0.118 e. The second kappa shape index (κ2) is 5.38. The second-order valence-electron chi connectivity index (χ2n) is 7.08. The van der Waals surface area contributed by atoms with Crippen molar-refractivity contribution in [1.29, 1.82) is 0 Å². The Morgan fingerprint density at radius 1 is 1.15 bits per heavy atom. The van der Waals surface area contributed by atoms with Crippen LogP contribution in [0.4, 0.5) is 0 Å². The number of hydrazine groups is 1. The monoisotopic (exact) mass is 276 g/mol. The van der Waals surface area contributed by atoms with Crippen molar-refractivity contribution in [1.82, 2.24) is 5.43 Å². The highest BCUT2D eigenvalue weighted by atomic mass is 16.5. The first-order chi connectivity index (χ1) is 9.34. The number of nitrogens with two attached hydrogens (primary N) is 1. The van der Waals surface area contributed by atoms with Gasteiger partial charge in [0, 0.05) is 6.04 Å². The largest absolute Gasteiger partial charge is 0.497 e.